The summed E-state index contributed by atoms with van der Waals surface area (Å²) in [6.07, 6.45) is 2.59. The van der Waals surface area contributed by atoms with E-state index in [1.54, 1.807) is 4.90 Å². The number of benzene rings is 4. The van der Waals surface area contributed by atoms with Gasteiger partial charge >= 0.3 is 6.03 Å². The molecule has 5 aliphatic rings. The van der Waals surface area contributed by atoms with Gasteiger partial charge in [0.05, 0.1) is 29.1 Å². The number of aliphatic hydroxyl groups excluding tert-OH is 1. The minimum absolute atomic E-state index is 0.0105. The van der Waals surface area contributed by atoms with Gasteiger partial charge in [-0.2, -0.15) is 5.10 Å². The first kappa shape index (κ1) is 53.1. The van der Waals surface area contributed by atoms with E-state index in [0.717, 1.165) is 11.6 Å². The maximum Gasteiger partial charge on any atom is 0.329 e. The van der Waals surface area contributed by atoms with Crippen LogP contribution in [-0.4, -0.2) is 120 Å². The predicted octanol–water partition coefficient (Wildman–Crippen LogP) is 7.97. The third-order valence-corrected chi connectivity index (χ3v) is 16.8. The number of nitrogens with two attached hydrogens (primary N) is 1. The number of aromatic nitrogens is 2. The standard InChI is InChI=1S/C55H60ClF5N8O7/c1-29-43-41(25-38(58)47(56)46(43)45-35(51(62)72)12-13-40(48(45)60)75-23-22-70)76-55(29,33-6-4-3-5-7-33)28-63-34-10-8-31(9-11-34)53(73)68-20-16-32(39(59)27-68)26-67-18-14-30(15-19-67)44-37(57)24-36-50(49(44)61)66(2)65-52(36)69-21-17-42(71)64-54(69)74/h3-7,12-13,24-25,29-32,34,39,63,70H,8-11,14-23,26-28H2,1-2H3,(H2,62,72)(H,64,71,74)/t29-,31?,32-,34?,39+,55-/m0/s1. The summed E-state index contributed by atoms with van der Waals surface area (Å²) < 4.78 is 94.0. The van der Waals surface area contributed by atoms with Crippen LogP contribution in [0.3, 0.4) is 0 Å². The Labute approximate surface area is 440 Å². The van der Waals surface area contributed by atoms with Gasteiger partial charge in [-0.05, 0) is 87.7 Å². The van der Waals surface area contributed by atoms with Gasteiger partial charge in [-0.25, -0.2) is 26.7 Å². The summed E-state index contributed by atoms with van der Waals surface area (Å²) in [4.78, 5) is 56.0. The van der Waals surface area contributed by atoms with Gasteiger partial charge in [0.2, 0.25) is 17.7 Å². The van der Waals surface area contributed by atoms with Crippen LogP contribution in [0, 0.1) is 35.1 Å². The summed E-state index contributed by atoms with van der Waals surface area (Å²) in [5.74, 6) is -6.62. The number of alkyl halides is 1. The Kier molecular flexibility index (Phi) is 15.1. The monoisotopic (exact) mass is 1070 g/mol. The molecule has 1 saturated carbocycles. The molecule has 1 aromatic heterocycles. The number of imide groups is 1. The van der Waals surface area contributed by atoms with Crippen molar-refractivity contribution in [2.75, 3.05) is 63.9 Å². The number of primary amides is 1. The number of amides is 5. The van der Waals surface area contributed by atoms with E-state index in [1.165, 1.54) is 34.8 Å². The molecule has 5 aromatic rings. The Morgan fingerprint density at radius 1 is 0.934 bits per heavy atom. The largest absolute Gasteiger partial charge is 0.488 e. The summed E-state index contributed by atoms with van der Waals surface area (Å²) in [7, 11) is 1.52. The number of hydrogen-bond acceptors (Lipinski definition) is 10. The van der Waals surface area contributed by atoms with Gasteiger partial charge in [0.15, 0.2) is 28.8 Å². The molecule has 10 rings (SSSR count). The summed E-state index contributed by atoms with van der Waals surface area (Å²) in [5.41, 5.74) is 5.00. The van der Waals surface area contributed by atoms with E-state index >= 15 is 22.0 Å². The highest BCUT2D eigenvalue weighted by molar-refractivity contribution is 6.34. The van der Waals surface area contributed by atoms with Crippen LogP contribution in [0.25, 0.3) is 22.0 Å². The number of rotatable bonds is 14. The number of halogens is 6. The molecule has 5 heterocycles. The van der Waals surface area contributed by atoms with E-state index in [0.29, 0.717) is 76.7 Å². The maximum absolute atomic E-state index is 16.5. The zero-order valence-corrected chi connectivity index (χ0v) is 42.9. The number of nitrogens with one attached hydrogen (secondary N) is 2. The van der Waals surface area contributed by atoms with Crippen molar-refractivity contribution in [3.63, 3.8) is 0 Å². The number of nitrogens with zero attached hydrogens (tertiary/aromatic N) is 5. The molecule has 3 saturated heterocycles. The Morgan fingerprint density at radius 2 is 1.67 bits per heavy atom. The second kappa shape index (κ2) is 21.6. The quantitative estimate of drug-likeness (QED) is 0.0796. The van der Waals surface area contributed by atoms with E-state index in [1.807, 2.05) is 37.3 Å². The lowest BCUT2D eigenvalue weighted by Gasteiger charge is -2.41. The van der Waals surface area contributed by atoms with Crippen molar-refractivity contribution in [1.29, 1.82) is 0 Å². The van der Waals surface area contributed by atoms with Gasteiger partial charge in [0.25, 0.3) is 0 Å². The first-order valence-electron chi connectivity index (χ1n) is 26.0. The van der Waals surface area contributed by atoms with Crippen molar-refractivity contribution >= 4 is 52.1 Å². The second-order valence-corrected chi connectivity index (χ2v) is 21.2. The average Bonchev–Trinajstić information content (AvgIpc) is 3.96. The normalized spacial score (nSPS) is 24.4. The van der Waals surface area contributed by atoms with Gasteiger partial charge in [-0.15, -0.1) is 0 Å². The number of aliphatic hydroxyl groups is 1. The highest BCUT2D eigenvalue weighted by Crippen LogP contribution is 2.57. The molecule has 4 fully saturated rings. The topological polar surface area (TPSA) is 185 Å². The molecule has 0 spiro atoms. The molecule has 76 heavy (non-hydrogen) atoms. The number of piperidine rings is 2. The van der Waals surface area contributed by atoms with Gasteiger partial charge in [0, 0.05) is 91.8 Å². The summed E-state index contributed by atoms with van der Waals surface area (Å²) >= 11 is 6.70. The van der Waals surface area contributed by atoms with Crippen molar-refractivity contribution < 1.29 is 55.7 Å². The Morgan fingerprint density at radius 3 is 2.36 bits per heavy atom. The number of carbonyl (C=O) groups is 4. The fraction of sp³-hybridized carbons (Fsp3) is 0.473. The van der Waals surface area contributed by atoms with Crippen LogP contribution < -0.4 is 30.7 Å². The highest BCUT2D eigenvalue weighted by Gasteiger charge is 2.50. The zero-order valence-electron chi connectivity index (χ0n) is 42.2. The fourth-order valence-electron chi connectivity index (χ4n) is 12.4. The molecule has 15 nitrogen and oxygen atoms in total. The number of likely N-dealkylation sites (tertiary alicyclic amines) is 2. The molecule has 4 atom stereocenters. The summed E-state index contributed by atoms with van der Waals surface area (Å²) in [6, 6.07) is 13.4. The third kappa shape index (κ3) is 9.74. The molecular weight excluding hydrogens is 1020 g/mol. The molecule has 1 aliphatic carbocycles. The first-order valence-corrected chi connectivity index (χ1v) is 26.3. The smallest absolute Gasteiger partial charge is 0.329 e. The lowest BCUT2D eigenvalue weighted by atomic mass is 9.77. The van der Waals surface area contributed by atoms with Gasteiger partial charge < -0.3 is 35.4 Å². The van der Waals surface area contributed by atoms with E-state index in [4.69, 9.17) is 26.8 Å². The molecule has 4 aliphatic heterocycles. The van der Waals surface area contributed by atoms with Crippen molar-refractivity contribution in [3.05, 3.63) is 105 Å². The maximum atomic E-state index is 16.5. The van der Waals surface area contributed by atoms with E-state index in [2.05, 4.69) is 20.6 Å². The van der Waals surface area contributed by atoms with Crippen LogP contribution in [0.15, 0.2) is 54.6 Å². The van der Waals surface area contributed by atoms with Crippen LogP contribution in [0.1, 0.15) is 97.2 Å². The molecule has 0 radical (unpaired) electrons. The Bertz CT molecular complexity index is 3080. The molecule has 0 unspecified atom stereocenters. The number of hydrogen-bond donors (Lipinski definition) is 4. The van der Waals surface area contributed by atoms with E-state index in [9.17, 15) is 24.3 Å². The Balaban J connectivity index is 0.749. The van der Waals surface area contributed by atoms with Crippen molar-refractivity contribution in [3.8, 4) is 22.6 Å². The van der Waals surface area contributed by atoms with Crippen LogP contribution in [0.5, 0.6) is 11.5 Å². The lowest BCUT2D eigenvalue weighted by Crippen LogP contribution is -2.51. The third-order valence-electron chi connectivity index (χ3n) is 16.4. The van der Waals surface area contributed by atoms with Crippen molar-refractivity contribution in [1.82, 2.24) is 30.2 Å². The van der Waals surface area contributed by atoms with Crippen LogP contribution in [0.4, 0.5) is 32.6 Å². The average molecular weight is 1080 g/mol. The second-order valence-electron chi connectivity index (χ2n) is 20.8. The molecule has 404 valence electrons. The minimum atomic E-state index is -1.25. The van der Waals surface area contributed by atoms with Crippen molar-refractivity contribution in [2.45, 2.75) is 87.9 Å². The van der Waals surface area contributed by atoms with Gasteiger partial charge in [-0.3, -0.25) is 29.3 Å². The van der Waals surface area contributed by atoms with E-state index < -0.39 is 76.4 Å². The fourth-order valence-corrected chi connectivity index (χ4v) is 12.6. The number of anilines is 1. The first-order chi connectivity index (χ1) is 36.5. The van der Waals surface area contributed by atoms with Crippen LogP contribution >= 0.6 is 11.6 Å². The van der Waals surface area contributed by atoms with Crippen LogP contribution in [-0.2, 0) is 22.2 Å². The molecule has 4 aromatic carbocycles. The zero-order chi connectivity index (χ0) is 53.7. The van der Waals surface area contributed by atoms with E-state index in [-0.39, 0.29) is 107 Å². The van der Waals surface area contributed by atoms with Gasteiger partial charge in [-0.1, -0.05) is 48.9 Å². The molecule has 21 heteroatoms. The van der Waals surface area contributed by atoms with Crippen molar-refractivity contribution in [2.24, 2.45) is 24.6 Å². The van der Waals surface area contributed by atoms with Gasteiger partial charge in [0.1, 0.15) is 35.7 Å². The number of fused-ring (bicyclic) bond motifs is 2. The van der Waals surface area contributed by atoms with Crippen LogP contribution in [0.2, 0.25) is 5.02 Å². The summed E-state index contributed by atoms with van der Waals surface area (Å²) in [6.45, 7) is 3.35. The number of aryl methyl sites for hydroxylation is 1. The number of carbonyl (C=O) groups excluding carboxylic acids is 4. The number of ether oxygens (including phenoxy) is 2. The Hall–Kier alpha value is -6.35. The summed E-state index contributed by atoms with van der Waals surface area (Å²) in [5, 5.41) is 19.3. The minimum Gasteiger partial charge on any atom is -0.488 e. The number of urea groups is 1. The highest BCUT2D eigenvalue weighted by atomic mass is 35.5. The predicted molar refractivity (Wildman–Crippen MR) is 273 cm³/mol. The SMILES string of the molecule is C[C@H]1c2c(cc(F)c(Cl)c2-c2c(C(N)=O)ccc(OCCO)c2F)O[C@]1(CNC1CCC(C(=O)N2CC[C@@H](CN3CCC(c4c(F)cc5c(N6CCC(=O)NC6=O)nn(C)c5c4F)CC3)[C@H](F)C2)CC1)c1ccccc1. The molecular formula is C55H60ClF5N8O7. The molecule has 5 amide bonds. The molecule has 5 N–H and O–H groups in total. The lowest BCUT2D eigenvalue weighted by molar-refractivity contribution is -0.140. The molecule has 0 bridgehead atoms.